The van der Waals surface area contributed by atoms with Gasteiger partial charge in [0.05, 0.1) is 24.6 Å². The SMILES string of the molecule is COc1ccccc1C1C(C(=O)Nc2cccnc2)=C(C)Nc2nc(-c3ccc(O)cc3)nn21. The zero-order valence-corrected chi connectivity index (χ0v) is 18.6. The normalized spacial score (nSPS) is 14.8. The van der Waals surface area contributed by atoms with Crippen molar-refractivity contribution < 1.29 is 14.6 Å². The molecule has 0 bridgehead atoms. The molecule has 4 aromatic rings. The van der Waals surface area contributed by atoms with Crippen LogP contribution in [0.1, 0.15) is 18.5 Å². The summed E-state index contributed by atoms with van der Waals surface area (Å²) in [6.07, 6.45) is 3.23. The minimum absolute atomic E-state index is 0.157. The van der Waals surface area contributed by atoms with Gasteiger partial charge >= 0.3 is 0 Å². The zero-order chi connectivity index (χ0) is 23.7. The first-order chi connectivity index (χ1) is 16.5. The summed E-state index contributed by atoms with van der Waals surface area (Å²) in [5.74, 6) is 1.45. The van der Waals surface area contributed by atoms with E-state index in [9.17, 15) is 9.90 Å². The Balaban J connectivity index is 1.63. The smallest absolute Gasteiger partial charge is 0.255 e. The Morgan fingerprint density at radius 3 is 2.65 bits per heavy atom. The molecule has 3 heterocycles. The molecule has 0 saturated heterocycles. The van der Waals surface area contributed by atoms with Crippen LogP contribution in [-0.4, -0.2) is 37.9 Å². The number of benzene rings is 2. The topological polar surface area (TPSA) is 114 Å². The number of amides is 1. The molecule has 2 aromatic heterocycles. The molecule has 9 heteroatoms. The highest BCUT2D eigenvalue weighted by molar-refractivity contribution is 6.06. The van der Waals surface area contributed by atoms with Crippen molar-refractivity contribution in [2.24, 2.45) is 0 Å². The van der Waals surface area contributed by atoms with E-state index in [4.69, 9.17) is 9.84 Å². The van der Waals surface area contributed by atoms with Gasteiger partial charge in [-0.3, -0.25) is 9.78 Å². The van der Waals surface area contributed by atoms with E-state index in [0.717, 1.165) is 11.1 Å². The van der Waals surface area contributed by atoms with Crippen LogP contribution in [0, 0.1) is 0 Å². The van der Waals surface area contributed by atoms with Crippen LogP contribution in [-0.2, 0) is 4.79 Å². The van der Waals surface area contributed by atoms with E-state index in [1.165, 1.54) is 0 Å². The number of hydrogen-bond donors (Lipinski definition) is 3. The molecule has 0 radical (unpaired) electrons. The maximum Gasteiger partial charge on any atom is 0.255 e. The predicted molar refractivity (Wildman–Crippen MR) is 127 cm³/mol. The lowest BCUT2D eigenvalue weighted by molar-refractivity contribution is -0.113. The molecule has 1 atom stereocenters. The number of nitrogens with zero attached hydrogens (tertiary/aromatic N) is 4. The van der Waals surface area contributed by atoms with E-state index in [1.54, 1.807) is 60.6 Å². The second-order valence-corrected chi connectivity index (χ2v) is 7.75. The average molecular weight is 454 g/mol. The summed E-state index contributed by atoms with van der Waals surface area (Å²) >= 11 is 0. The zero-order valence-electron chi connectivity index (χ0n) is 18.6. The highest BCUT2D eigenvalue weighted by atomic mass is 16.5. The number of carbonyl (C=O) groups excluding carboxylic acids is 1. The number of phenolic OH excluding ortho intramolecular Hbond substituents is 1. The van der Waals surface area contributed by atoms with Crippen LogP contribution in [0.5, 0.6) is 11.5 Å². The largest absolute Gasteiger partial charge is 0.508 e. The lowest BCUT2D eigenvalue weighted by Gasteiger charge is -2.29. The number of fused-ring (bicyclic) bond motifs is 1. The Morgan fingerprint density at radius 2 is 1.91 bits per heavy atom. The van der Waals surface area contributed by atoms with Crippen molar-refractivity contribution in [3.05, 3.63) is 89.9 Å². The number of anilines is 2. The van der Waals surface area contributed by atoms with Crippen molar-refractivity contribution in [1.29, 1.82) is 0 Å². The lowest BCUT2D eigenvalue weighted by atomic mass is 9.94. The van der Waals surface area contributed by atoms with Crippen LogP contribution < -0.4 is 15.4 Å². The molecule has 0 fully saturated rings. The Hall–Kier alpha value is -4.66. The predicted octanol–water partition coefficient (Wildman–Crippen LogP) is 3.98. The van der Waals surface area contributed by atoms with Crippen LogP contribution in [0.3, 0.4) is 0 Å². The molecule has 5 rings (SSSR count). The van der Waals surface area contributed by atoms with Gasteiger partial charge in [-0.05, 0) is 49.4 Å². The molecule has 9 nitrogen and oxygen atoms in total. The maximum absolute atomic E-state index is 13.5. The first-order valence-corrected chi connectivity index (χ1v) is 10.6. The van der Waals surface area contributed by atoms with Crippen molar-refractivity contribution in [2.45, 2.75) is 13.0 Å². The summed E-state index contributed by atoms with van der Waals surface area (Å²) in [6, 6.07) is 17.1. The summed E-state index contributed by atoms with van der Waals surface area (Å²) < 4.78 is 7.31. The highest BCUT2D eigenvalue weighted by Crippen LogP contribution is 2.40. The van der Waals surface area contributed by atoms with Crippen molar-refractivity contribution in [3.63, 3.8) is 0 Å². The molecule has 0 saturated carbocycles. The van der Waals surface area contributed by atoms with Crippen molar-refractivity contribution in [1.82, 2.24) is 19.7 Å². The Kier molecular flexibility index (Phi) is 5.43. The number of hydrogen-bond acceptors (Lipinski definition) is 7. The third-order valence-electron chi connectivity index (χ3n) is 5.58. The fourth-order valence-electron chi connectivity index (χ4n) is 3.99. The highest BCUT2D eigenvalue weighted by Gasteiger charge is 2.36. The summed E-state index contributed by atoms with van der Waals surface area (Å²) in [7, 11) is 1.59. The van der Waals surface area contributed by atoms with Crippen LogP contribution in [0.25, 0.3) is 11.4 Å². The molecule has 1 unspecified atom stereocenters. The van der Waals surface area contributed by atoms with Gasteiger partial charge < -0.3 is 20.5 Å². The van der Waals surface area contributed by atoms with E-state index in [-0.39, 0.29) is 11.7 Å². The van der Waals surface area contributed by atoms with E-state index in [1.807, 2.05) is 31.2 Å². The van der Waals surface area contributed by atoms with E-state index >= 15 is 0 Å². The average Bonchev–Trinajstić information content (AvgIpc) is 3.27. The van der Waals surface area contributed by atoms with E-state index < -0.39 is 6.04 Å². The van der Waals surface area contributed by atoms with E-state index in [2.05, 4.69) is 20.6 Å². The molecular weight excluding hydrogens is 432 g/mol. The van der Waals surface area contributed by atoms with Crippen LogP contribution >= 0.6 is 0 Å². The molecule has 0 spiro atoms. The number of aromatic nitrogens is 4. The lowest BCUT2D eigenvalue weighted by Crippen LogP contribution is -2.31. The molecule has 2 aromatic carbocycles. The van der Waals surface area contributed by atoms with Gasteiger partial charge in [0, 0.05) is 23.0 Å². The third-order valence-corrected chi connectivity index (χ3v) is 5.58. The second-order valence-electron chi connectivity index (χ2n) is 7.75. The number of methoxy groups -OCH3 is 1. The number of allylic oxidation sites excluding steroid dienone is 1. The van der Waals surface area contributed by atoms with Crippen LogP contribution in [0.15, 0.2) is 84.3 Å². The first-order valence-electron chi connectivity index (χ1n) is 10.6. The Morgan fingerprint density at radius 1 is 1.12 bits per heavy atom. The second kappa shape index (κ2) is 8.70. The minimum Gasteiger partial charge on any atom is -0.508 e. The summed E-state index contributed by atoms with van der Waals surface area (Å²) in [4.78, 5) is 22.2. The number of para-hydroxylation sites is 1. The molecule has 1 aliphatic rings. The molecule has 0 aliphatic carbocycles. The monoisotopic (exact) mass is 454 g/mol. The van der Waals surface area contributed by atoms with Gasteiger partial charge in [0.1, 0.15) is 17.5 Å². The van der Waals surface area contributed by atoms with Crippen molar-refractivity contribution in [2.75, 3.05) is 17.7 Å². The molecule has 1 amide bonds. The molecule has 3 N–H and O–H groups in total. The van der Waals surface area contributed by atoms with Crippen molar-refractivity contribution in [3.8, 4) is 22.9 Å². The quantitative estimate of drug-likeness (QED) is 0.418. The fourth-order valence-corrected chi connectivity index (χ4v) is 3.99. The van der Waals surface area contributed by atoms with Crippen molar-refractivity contribution >= 4 is 17.5 Å². The van der Waals surface area contributed by atoms with Gasteiger partial charge in [-0.25, -0.2) is 4.68 Å². The van der Waals surface area contributed by atoms with Gasteiger partial charge in [-0.15, -0.1) is 5.10 Å². The number of ether oxygens (including phenoxy) is 1. The van der Waals surface area contributed by atoms with Gasteiger partial charge in [0.2, 0.25) is 5.95 Å². The number of rotatable bonds is 5. The Bertz CT molecular complexity index is 1380. The van der Waals surface area contributed by atoms with Gasteiger partial charge in [-0.1, -0.05) is 18.2 Å². The van der Waals surface area contributed by atoms with Gasteiger partial charge in [0.25, 0.3) is 5.91 Å². The molecule has 34 heavy (non-hydrogen) atoms. The van der Waals surface area contributed by atoms with E-state index in [0.29, 0.717) is 34.5 Å². The summed E-state index contributed by atoms with van der Waals surface area (Å²) in [6.45, 7) is 1.83. The fraction of sp³-hybridized carbons (Fsp3) is 0.120. The minimum atomic E-state index is -0.595. The number of pyridine rings is 1. The number of aromatic hydroxyl groups is 1. The maximum atomic E-state index is 13.5. The summed E-state index contributed by atoms with van der Waals surface area (Å²) in [5, 5.41) is 20.5. The van der Waals surface area contributed by atoms with Gasteiger partial charge in [0.15, 0.2) is 5.82 Å². The molecular formula is C25H22N6O3. The Labute approximate surface area is 195 Å². The standard InChI is InChI=1S/C25H22N6O3/c1-15-21(24(33)28-17-6-5-13-26-14-17)22(19-7-3-4-8-20(19)34-2)31-25(27-15)29-23(30-31)16-9-11-18(32)12-10-16/h3-14,22,32H,1-2H3,(H,28,33)(H,27,29,30). The van der Waals surface area contributed by atoms with Crippen LogP contribution in [0.2, 0.25) is 0 Å². The molecule has 170 valence electrons. The van der Waals surface area contributed by atoms with Crippen LogP contribution in [0.4, 0.5) is 11.6 Å². The number of carbonyl (C=O) groups is 1. The van der Waals surface area contributed by atoms with Gasteiger partial charge in [-0.2, -0.15) is 4.98 Å². The summed E-state index contributed by atoms with van der Waals surface area (Å²) in [5.41, 5.74) is 3.21. The number of phenols is 1. The number of nitrogens with one attached hydrogen (secondary N) is 2. The molecule has 1 aliphatic heterocycles. The first kappa shape index (κ1) is 21.2. The third kappa shape index (κ3) is 3.83.